The molecule has 0 unspecified atom stereocenters. The third-order valence-electron chi connectivity index (χ3n) is 2.84. The lowest BCUT2D eigenvalue weighted by Crippen LogP contribution is -2.23. The lowest BCUT2D eigenvalue weighted by Gasteiger charge is -2.01. The summed E-state index contributed by atoms with van der Waals surface area (Å²) in [6.45, 7) is 4.24. The van der Waals surface area contributed by atoms with E-state index in [4.69, 9.17) is 0 Å². The van der Waals surface area contributed by atoms with Crippen LogP contribution in [-0.2, 0) is 9.84 Å². The van der Waals surface area contributed by atoms with Crippen molar-refractivity contribution in [2.45, 2.75) is 43.9 Å². The van der Waals surface area contributed by atoms with Crippen LogP contribution in [0.4, 0.5) is 0 Å². The molecule has 0 atom stereocenters. The zero-order valence-electron chi connectivity index (χ0n) is 12.5. The molecule has 0 bridgehead atoms. The Hall–Kier alpha value is -1.21. The zero-order valence-corrected chi connectivity index (χ0v) is 14.1. The summed E-state index contributed by atoms with van der Waals surface area (Å²) in [5.74, 6) is -0.263. The maximum absolute atomic E-state index is 11.9. The second-order valence-electron chi connectivity index (χ2n) is 4.53. The molecule has 0 fully saturated rings. The van der Waals surface area contributed by atoms with Crippen LogP contribution in [0.1, 0.15) is 49.2 Å². The lowest BCUT2D eigenvalue weighted by molar-refractivity contribution is 0.0957. The minimum absolute atomic E-state index is 0.00709. The predicted octanol–water partition coefficient (Wildman–Crippen LogP) is 2.80. The van der Waals surface area contributed by atoms with Gasteiger partial charge in [-0.25, -0.2) is 13.4 Å². The van der Waals surface area contributed by atoms with Crippen LogP contribution in [0.15, 0.2) is 22.7 Å². The van der Waals surface area contributed by atoms with Crippen LogP contribution in [0, 0.1) is 0 Å². The van der Waals surface area contributed by atoms with Gasteiger partial charge in [0.2, 0.25) is 14.2 Å². The van der Waals surface area contributed by atoms with E-state index in [2.05, 4.69) is 29.4 Å². The summed E-state index contributed by atoms with van der Waals surface area (Å²) in [5.41, 5.74) is 0. The second kappa shape index (κ2) is 8.94. The Morgan fingerprint density at radius 3 is 2.76 bits per heavy atom. The number of rotatable bonds is 9. The summed E-state index contributed by atoms with van der Waals surface area (Å²) in [6, 6.07) is 0. The maximum Gasteiger partial charge on any atom is 0.263 e. The number of amides is 1. The summed E-state index contributed by atoms with van der Waals surface area (Å²) in [7, 11) is -3.33. The molecule has 0 radical (unpaired) electrons. The van der Waals surface area contributed by atoms with E-state index in [1.54, 1.807) is 6.92 Å². The van der Waals surface area contributed by atoms with Gasteiger partial charge in [-0.05, 0) is 25.7 Å². The molecule has 0 saturated heterocycles. The first-order chi connectivity index (χ1) is 10.0. The van der Waals surface area contributed by atoms with Gasteiger partial charge in [0, 0.05) is 6.54 Å². The smallest absolute Gasteiger partial charge is 0.263 e. The average Bonchev–Trinajstić information content (AvgIpc) is 2.97. The number of unbranched alkanes of at least 4 members (excludes halogenated alkanes) is 2. The summed E-state index contributed by atoms with van der Waals surface area (Å²) in [5, 5.41) is 2.79. The first kappa shape index (κ1) is 17.8. The van der Waals surface area contributed by atoms with Gasteiger partial charge >= 0.3 is 0 Å². The molecule has 0 spiro atoms. The lowest BCUT2D eigenvalue weighted by atomic mass is 10.2. The van der Waals surface area contributed by atoms with Crippen LogP contribution in [0.2, 0.25) is 0 Å². The first-order valence-corrected chi connectivity index (χ1v) is 9.60. The van der Waals surface area contributed by atoms with Gasteiger partial charge in [-0.3, -0.25) is 4.79 Å². The molecular formula is C14H22N2O3S2. The van der Waals surface area contributed by atoms with Crippen molar-refractivity contribution in [2.75, 3.05) is 12.3 Å². The van der Waals surface area contributed by atoms with Crippen molar-refractivity contribution in [1.29, 1.82) is 0 Å². The second-order valence-corrected chi connectivity index (χ2v) is 8.01. The van der Waals surface area contributed by atoms with Gasteiger partial charge in [-0.1, -0.05) is 37.3 Å². The quantitative estimate of drug-likeness (QED) is 0.558. The highest BCUT2D eigenvalue weighted by Gasteiger charge is 2.18. The van der Waals surface area contributed by atoms with E-state index >= 15 is 0 Å². The Labute approximate surface area is 130 Å². The molecule has 1 aromatic rings. The predicted molar refractivity (Wildman–Crippen MR) is 85.5 cm³/mol. The molecule has 1 rings (SSSR count). The molecule has 0 saturated carbocycles. The minimum Gasteiger partial charge on any atom is -0.351 e. The number of hydrogen-bond donors (Lipinski definition) is 1. The van der Waals surface area contributed by atoms with Gasteiger partial charge in [0.25, 0.3) is 5.91 Å². The Morgan fingerprint density at radius 1 is 1.33 bits per heavy atom. The van der Waals surface area contributed by atoms with Crippen LogP contribution in [-0.4, -0.2) is 31.6 Å². The van der Waals surface area contributed by atoms with Crippen molar-refractivity contribution in [2.24, 2.45) is 0 Å². The molecule has 118 valence electrons. The van der Waals surface area contributed by atoms with Crippen LogP contribution >= 0.6 is 11.3 Å². The van der Waals surface area contributed by atoms with E-state index in [0.29, 0.717) is 11.4 Å². The number of hydrogen-bond acceptors (Lipinski definition) is 5. The van der Waals surface area contributed by atoms with Gasteiger partial charge < -0.3 is 5.32 Å². The number of thiazole rings is 1. The zero-order chi connectivity index (χ0) is 15.7. The highest BCUT2D eigenvalue weighted by atomic mass is 32.2. The summed E-state index contributed by atoms with van der Waals surface area (Å²) < 4.78 is 23.3. The number of nitrogens with zero attached hydrogens (tertiary/aromatic N) is 1. The van der Waals surface area contributed by atoms with E-state index in [-0.39, 0.29) is 16.0 Å². The number of carbonyl (C=O) groups is 1. The third kappa shape index (κ3) is 5.97. The Morgan fingerprint density at radius 2 is 2.10 bits per heavy atom. The van der Waals surface area contributed by atoms with Gasteiger partial charge in [0.05, 0.1) is 11.9 Å². The molecule has 1 heterocycles. The maximum atomic E-state index is 11.9. The van der Waals surface area contributed by atoms with E-state index < -0.39 is 9.84 Å². The Bertz CT molecular complexity index is 577. The molecule has 1 N–H and O–H groups in total. The normalized spacial score (nSPS) is 11.9. The van der Waals surface area contributed by atoms with Crippen LogP contribution in [0.5, 0.6) is 0 Å². The molecule has 0 aliphatic carbocycles. The molecule has 1 amide bonds. The number of carbonyl (C=O) groups excluding carboxylic acids is 1. The standard InChI is InChI=1S/C14H22N2O3S2/c1-3-5-6-7-8-9-10-15-13(17)12-11-16-14(20-12)21(18,19)4-2/h5-6,11H,3-4,7-10H2,1-2H3,(H,15,17)/b6-5-. The molecular weight excluding hydrogens is 308 g/mol. The third-order valence-corrected chi connectivity index (χ3v) is 6.04. The molecule has 7 heteroatoms. The topological polar surface area (TPSA) is 76.1 Å². The molecule has 0 aromatic carbocycles. The Balaban J connectivity index is 2.38. The van der Waals surface area contributed by atoms with Gasteiger partial charge in [-0.2, -0.15) is 0 Å². The van der Waals surface area contributed by atoms with E-state index in [1.807, 2.05) is 0 Å². The SMILES string of the molecule is CC/C=C\CCCCNC(=O)c1cnc(S(=O)(=O)CC)s1. The van der Waals surface area contributed by atoms with Gasteiger partial charge in [-0.15, -0.1) is 0 Å². The van der Waals surface area contributed by atoms with Crippen molar-refractivity contribution in [1.82, 2.24) is 10.3 Å². The molecule has 1 aromatic heterocycles. The first-order valence-electron chi connectivity index (χ1n) is 7.13. The Kier molecular flexibility index (Phi) is 7.60. The monoisotopic (exact) mass is 330 g/mol. The van der Waals surface area contributed by atoms with Crippen molar-refractivity contribution in [3.63, 3.8) is 0 Å². The molecule has 0 aliphatic heterocycles. The van der Waals surface area contributed by atoms with Crippen molar-refractivity contribution in [3.05, 3.63) is 23.2 Å². The molecule has 21 heavy (non-hydrogen) atoms. The van der Waals surface area contributed by atoms with Crippen molar-refractivity contribution < 1.29 is 13.2 Å². The fourth-order valence-electron chi connectivity index (χ4n) is 1.59. The van der Waals surface area contributed by atoms with Crippen molar-refractivity contribution in [3.8, 4) is 0 Å². The largest absolute Gasteiger partial charge is 0.351 e. The molecule has 5 nitrogen and oxygen atoms in total. The summed E-state index contributed by atoms with van der Waals surface area (Å²) >= 11 is 0.925. The van der Waals surface area contributed by atoms with Crippen LogP contribution < -0.4 is 5.32 Å². The van der Waals surface area contributed by atoms with E-state index in [9.17, 15) is 13.2 Å². The van der Waals surface area contributed by atoms with Crippen molar-refractivity contribution >= 4 is 27.1 Å². The minimum atomic E-state index is -3.33. The highest BCUT2D eigenvalue weighted by Crippen LogP contribution is 2.19. The number of allylic oxidation sites excluding steroid dienone is 2. The summed E-state index contributed by atoms with van der Waals surface area (Å²) in [4.78, 5) is 16.0. The van der Waals surface area contributed by atoms with Crippen LogP contribution in [0.3, 0.4) is 0 Å². The number of sulfone groups is 1. The highest BCUT2D eigenvalue weighted by molar-refractivity contribution is 7.93. The van der Waals surface area contributed by atoms with E-state index in [0.717, 1.165) is 37.0 Å². The average molecular weight is 330 g/mol. The fourth-order valence-corrected chi connectivity index (χ4v) is 3.75. The van der Waals surface area contributed by atoms with Gasteiger partial charge in [0.1, 0.15) is 4.88 Å². The summed E-state index contributed by atoms with van der Waals surface area (Å²) in [6.07, 6.45) is 9.59. The molecule has 0 aliphatic rings. The van der Waals surface area contributed by atoms with Gasteiger partial charge in [0.15, 0.2) is 0 Å². The number of aromatic nitrogens is 1. The van der Waals surface area contributed by atoms with Crippen LogP contribution in [0.25, 0.3) is 0 Å². The fraction of sp³-hybridized carbons (Fsp3) is 0.571. The number of nitrogens with one attached hydrogen (secondary N) is 1. The van der Waals surface area contributed by atoms with E-state index in [1.165, 1.54) is 6.20 Å².